The molecule has 1 rings (SSSR count). The van der Waals surface area contributed by atoms with Crippen LogP contribution in [-0.2, 0) is 0 Å². The van der Waals surface area contributed by atoms with Crippen LogP contribution in [0.3, 0.4) is 0 Å². The molecule has 0 aromatic carbocycles. The molecular weight excluding hydrogens is 152 g/mol. The molecule has 0 spiro atoms. The molecule has 0 atom stereocenters. The summed E-state index contributed by atoms with van der Waals surface area (Å²) >= 11 is 0. The van der Waals surface area contributed by atoms with Gasteiger partial charge in [-0.05, 0) is 0 Å². The molecule has 0 unspecified atom stereocenters. The van der Waals surface area contributed by atoms with Crippen molar-refractivity contribution in [1.29, 1.82) is 0 Å². The fourth-order valence-electron chi connectivity index (χ4n) is 0.531. The van der Waals surface area contributed by atoms with E-state index in [9.17, 15) is 14.4 Å². The molecule has 0 aliphatic rings. The molecule has 11 heavy (non-hydrogen) atoms. The standard InChI is InChI=1S/C5H4N2O4/c8-3-1-2(4(9)10)6-5(11)7-3/h1H,(H,9,10)(H2,6,7,8,11)/i1T. The van der Waals surface area contributed by atoms with Gasteiger partial charge in [0.2, 0.25) is 0 Å². The van der Waals surface area contributed by atoms with Crippen molar-refractivity contribution in [3.8, 4) is 0 Å². The summed E-state index contributed by atoms with van der Waals surface area (Å²) in [5.74, 6) is -1.51. The lowest BCUT2D eigenvalue weighted by atomic mass is 10.4. The van der Waals surface area contributed by atoms with Gasteiger partial charge >= 0.3 is 11.7 Å². The molecule has 6 heteroatoms. The first-order chi connectivity index (χ1) is 5.52. The number of hydrogen-bond acceptors (Lipinski definition) is 3. The largest absolute Gasteiger partial charge is 0.477 e. The average molecular weight is 158 g/mol. The molecule has 0 aliphatic heterocycles. The summed E-state index contributed by atoms with van der Waals surface area (Å²) in [5.41, 5.74) is -2.66. The molecule has 0 bridgehead atoms. The van der Waals surface area contributed by atoms with Gasteiger partial charge in [0.15, 0.2) is 0 Å². The van der Waals surface area contributed by atoms with Gasteiger partial charge in [0.1, 0.15) is 5.69 Å². The van der Waals surface area contributed by atoms with Crippen LogP contribution in [0.1, 0.15) is 11.9 Å². The first-order valence-electron chi connectivity index (χ1n) is 3.09. The summed E-state index contributed by atoms with van der Waals surface area (Å²) in [7, 11) is 0. The lowest BCUT2D eigenvalue weighted by Gasteiger charge is -1.89. The van der Waals surface area contributed by atoms with Crippen LogP contribution in [0, 0.1) is 0 Å². The normalized spacial score (nSPS) is 10.7. The van der Waals surface area contributed by atoms with Crippen molar-refractivity contribution in [3.63, 3.8) is 0 Å². The van der Waals surface area contributed by atoms with Gasteiger partial charge in [0, 0.05) is 6.04 Å². The third-order valence-electron chi connectivity index (χ3n) is 0.918. The number of aromatic carboxylic acids is 1. The Balaban J connectivity index is 3.59. The highest BCUT2D eigenvalue weighted by molar-refractivity contribution is 5.84. The third-order valence-corrected chi connectivity index (χ3v) is 0.918. The highest BCUT2D eigenvalue weighted by Gasteiger charge is 2.03. The topological polar surface area (TPSA) is 103 Å². The molecule has 58 valence electrons. The third kappa shape index (κ3) is 1.54. The Kier molecular flexibility index (Phi) is 1.29. The van der Waals surface area contributed by atoms with Gasteiger partial charge in [-0.3, -0.25) is 9.78 Å². The molecule has 3 N–H and O–H groups in total. The Bertz CT molecular complexity index is 432. The molecule has 1 aromatic rings. The van der Waals surface area contributed by atoms with Gasteiger partial charge in [-0.2, -0.15) is 0 Å². The predicted molar refractivity (Wildman–Crippen MR) is 34.6 cm³/mol. The van der Waals surface area contributed by atoms with E-state index in [4.69, 9.17) is 6.48 Å². The van der Waals surface area contributed by atoms with Crippen molar-refractivity contribution in [1.82, 2.24) is 9.97 Å². The second kappa shape index (κ2) is 2.41. The molecule has 0 aliphatic carbocycles. The molecule has 6 nitrogen and oxygen atoms in total. The second-order valence-electron chi connectivity index (χ2n) is 1.71. The first kappa shape index (κ1) is 5.90. The average Bonchev–Trinajstić information content (AvgIpc) is 1.96. The molecule has 0 saturated carbocycles. The van der Waals surface area contributed by atoms with Gasteiger partial charge in [0.05, 0.1) is 1.37 Å². The number of hydrogen-bond donors (Lipinski definition) is 3. The van der Waals surface area contributed by atoms with E-state index < -0.39 is 29.0 Å². The van der Waals surface area contributed by atoms with Crippen LogP contribution in [0.5, 0.6) is 0 Å². The minimum atomic E-state index is -1.51. The van der Waals surface area contributed by atoms with Crippen LogP contribution < -0.4 is 11.2 Å². The lowest BCUT2D eigenvalue weighted by molar-refractivity contribution is 0.0689. The highest BCUT2D eigenvalue weighted by Crippen LogP contribution is 1.81. The van der Waals surface area contributed by atoms with Crippen molar-refractivity contribution in [3.05, 3.63) is 32.6 Å². The van der Waals surface area contributed by atoms with Crippen molar-refractivity contribution in [2.24, 2.45) is 0 Å². The Hall–Kier alpha value is -1.85. The maximum Gasteiger partial charge on any atom is 0.352 e. The molecule has 0 saturated heterocycles. The predicted octanol–water partition coefficient (Wildman–Crippen LogP) is -1.24. The zero-order valence-corrected chi connectivity index (χ0v) is 5.17. The van der Waals surface area contributed by atoms with Gasteiger partial charge in [-0.1, -0.05) is 0 Å². The zero-order valence-electron chi connectivity index (χ0n) is 6.17. The minimum absolute atomic E-state index is 0.705. The van der Waals surface area contributed by atoms with Crippen LogP contribution in [-0.4, -0.2) is 21.0 Å². The summed E-state index contributed by atoms with van der Waals surface area (Å²) < 4.78 is 6.93. The van der Waals surface area contributed by atoms with E-state index in [1.165, 1.54) is 0 Å². The fraction of sp³-hybridized carbons (Fsp3) is 0. The Morgan fingerprint density at radius 3 is 2.73 bits per heavy atom. The number of carboxylic acids is 1. The van der Waals surface area contributed by atoms with E-state index in [0.29, 0.717) is 0 Å². The SMILES string of the molecule is [3H]c1c(C(=O)O)[nH]c(=O)[nH]c1=O. The molecule has 0 amide bonds. The number of nitrogens with one attached hydrogen (secondary N) is 2. The molecule has 0 radical (unpaired) electrons. The molecule has 1 heterocycles. The van der Waals surface area contributed by atoms with Crippen LogP contribution in [0.25, 0.3) is 0 Å². The number of carboxylic acid groups (broad SMARTS) is 1. The smallest absolute Gasteiger partial charge is 0.352 e. The minimum Gasteiger partial charge on any atom is -0.477 e. The Morgan fingerprint density at radius 1 is 1.55 bits per heavy atom. The number of rotatable bonds is 1. The maximum atomic E-state index is 10.6. The summed E-state index contributed by atoms with van der Waals surface area (Å²) in [5, 5.41) is 8.37. The van der Waals surface area contributed by atoms with Crippen molar-refractivity contribution in [2.75, 3.05) is 0 Å². The lowest BCUT2D eigenvalue weighted by Crippen LogP contribution is -2.24. The quantitative estimate of drug-likeness (QED) is 0.475. The van der Waals surface area contributed by atoms with E-state index in [1.54, 1.807) is 4.98 Å². The van der Waals surface area contributed by atoms with Crippen LogP contribution in [0.2, 0.25) is 0 Å². The van der Waals surface area contributed by atoms with Crippen LogP contribution >= 0.6 is 0 Å². The van der Waals surface area contributed by atoms with Gasteiger partial charge < -0.3 is 10.1 Å². The second-order valence-corrected chi connectivity index (χ2v) is 1.71. The zero-order chi connectivity index (χ0) is 9.30. The van der Waals surface area contributed by atoms with Gasteiger partial charge in [-0.15, -0.1) is 0 Å². The summed E-state index contributed by atoms with van der Waals surface area (Å²) in [6.45, 7) is 0. The van der Waals surface area contributed by atoms with Crippen molar-refractivity contribution >= 4 is 5.97 Å². The summed E-state index contributed by atoms with van der Waals surface area (Å²) in [6, 6.07) is -0.762. The number of aromatic nitrogens is 2. The molecule has 0 fully saturated rings. The Morgan fingerprint density at radius 2 is 2.18 bits per heavy atom. The van der Waals surface area contributed by atoms with E-state index in [2.05, 4.69) is 0 Å². The highest BCUT2D eigenvalue weighted by atomic mass is 16.4. The maximum absolute atomic E-state index is 10.6. The van der Waals surface area contributed by atoms with Crippen molar-refractivity contribution < 1.29 is 11.3 Å². The molecular formula is C5H4N2O4. The van der Waals surface area contributed by atoms with E-state index in [1.807, 2.05) is 4.98 Å². The summed E-state index contributed by atoms with van der Waals surface area (Å²) in [6.07, 6.45) is 0. The number of carbonyl (C=O) groups is 1. The van der Waals surface area contributed by atoms with E-state index in [-0.39, 0.29) is 0 Å². The summed E-state index contributed by atoms with van der Waals surface area (Å²) in [4.78, 5) is 35.0. The molecule has 1 aromatic heterocycles. The fourth-order valence-corrected chi connectivity index (χ4v) is 0.531. The monoisotopic (exact) mass is 158 g/mol. The number of aromatic amines is 2. The van der Waals surface area contributed by atoms with E-state index in [0.717, 1.165) is 0 Å². The van der Waals surface area contributed by atoms with Crippen LogP contribution in [0.15, 0.2) is 15.6 Å². The van der Waals surface area contributed by atoms with Crippen molar-refractivity contribution in [2.45, 2.75) is 0 Å². The van der Waals surface area contributed by atoms with E-state index >= 15 is 0 Å². The number of H-pyrrole nitrogens is 2. The Labute approximate surface area is 60.9 Å². The first-order valence-corrected chi connectivity index (χ1v) is 2.59. The van der Waals surface area contributed by atoms with Gasteiger partial charge in [0.25, 0.3) is 5.56 Å². The van der Waals surface area contributed by atoms with Crippen LogP contribution in [0.4, 0.5) is 0 Å². The van der Waals surface area contributed by atoms with Gasteiger partial charge in [-0.25, -0.2) is 9.59 Å².